The number of carbonyl (C=O) groups excluding carboxylic acids is 2. The van der Waals surface area contributed by atoms with Crippen LogP contribution in [0.3, 0.4) is 0 Å². The molecule has 2 aromatic rings. The van der Waals surface area contributed by atoms with Gasteiger partial charge in [0.1, 0.15) is 0 Å². The highest BCUT2D eigenvalue weighted by atomic mass is 32.1. The molecule has 1 aromatic carbocycles. The molecule has 5 nitrogen and oxygen atoms in total. The first-order valence-electron chi connectivity index (χ1n) is 5.65. The number of aromatic nitrogens is 1. The number of ketones is 1. The Kier molecular flexibility index (Phi) is 3.91. The normalized spacial score (nSPS) is 10.2. The molecule has 0 atom stereocenters. The van der Waals surface area contributed by atoms with Crippen LogP contribution in [0, 0.1) is 5.41 Å². The molecule has 0 spiro atoms. The van der Waals surface area contributed by atoms with Gasteiger partial charge in [-0.1, -0.05) is 12.1 Å². The highest BCUT2D eigenvalue weighted by Gasteiger charge is 2.08. The molecule has 0 bridgehead atoms. The number of benzene rings is 1. The summed E-state index contributed by atoms with van der Waals surface area (Å²) in [4.78, 5) is 23.4. The summed E-state index contributed by atoms with van der Waals surface area (Å²) in [5.41, 5.74) is 1.11. The molecule has 19 heavy (non-hydrogen) atoms. The van der Waals surface area contributed by atoms with E-state index in [-0.39, 0.29) is 18.2 Å². The molecule has 0 unspecified atom stereocenters. The molecular formula is C13H13N3O2S. The lowest BCUT2D eigenvalue weighted by Gasteiger charge is -2.05. The largest absolute Gasteiger partial charge is 0.326 e. The fraction of sp³-hybridized carbons (Fsp3) is 0.154. The number of rotatable bonds is 4. The SMILES string of the molecule is CC(=O)Nc1cccc(C(=O)Cn2ccsc2=N)c1. The van der Waals surface area contributed by atoms with E-state index in [1.807, 2.05) is 0 Å². The summed E-state index contributed by atoms with van der Waals surface area (Å²) >= 11 is 1.27. The standard InChI is InChI=1S/C13H13N3O2S/c1-9(17)15-11-4-2-3-10(7-11)12(18)8-16-5-6-19-13(16)14/h2-7,14H,8H2,1H3,(H,15,17). The molecule has 1 aromatic heterocycles. The molecule has 2 rings (SSSR count). The summed E-state index contributed by atoms with van der Waals surface area (Å²) in [6.07, 6.45) is 1.71. The zero-order valence-electron chi connectivity index (χ0n) is 10.3. The van der Waals surface area contributed by atoms with Crippen LogP contribution in [-0.2, 0) is 11.3 Å². The summed E-state index contributed by atoms with van der Waals surface area (Å²) in [6.45, 7) is 1.55. The van der Waals surface area contributed by atoms with Gasteiger partial charge in [0.05, 0.1) is 6.54 Å². The van der Waals surface area contributed by atoms with Crippen LogP contribution in [0.4, 0.5) is 5.69 Å². The number of nitrogens with zero attached hydrogens (tertiary/aromatic N) is 1. The average Bonchev–Trinajstić information content (AvgIpc) is 2.74. The van der Waals surface area contributed by atoms with E-state index in [2.05, 4.69) is 5.32 Å². The van der Waals surface area contributed by atoms with Gasteiger partial charge in [-0.15, -0.1) is 11.3 Å². The zero-order valence-corrected chi connectivity index (χ0v) is 11.2. The van der Waals surface area contributed by atoms with E-state index in [0.29, 0.717) is 16.1 Å². The van der Waals surface area contributed by atoms with Gasteiger partial charge in [0.2, 0.25) is 5.91 Å². The van der Waals surface area contributed by atoms with Gasteiger partial charge in [-0.25, -0.2) is 0 Å². The van der Waals surface area contributed by atoms with Crippen molar-refractivity contribution in [2.75, 3.05) is 5.32 Å². The van der Waals surface area contributed by atoms with Crippen LogP contribution in [0.25, 0.3) is 0 Å². The number of hydrogen-bond acceptors (Lipinski definition) is 4. The molecule has 0 aliphatic carbocycles. The van der Waals surface area contributed by atoms with Crippen LogP contribution in [0.5, 0.6) is 0 Å². The molecule has 1 amide bonds. The van der Waals surface area contributed by atoms with Crippen molar-refractivity contribution >= 4 is 28.7 Å². The van der Waals surface area contributed by atoms with Crippen LogP contribution in [-0.4, -0.2) is 16.3 Å². The van der Waals surface area contributed by atoms with Gasteiger partial charge in [0, 0.05) is 29.8 Å². The summed E-state index contributed by atoms with van der Waals surface area (Å²) in [7, 11) is 0. The predicted octanol–water partition coefficient (Wildman–Crippen LogP) is 1.87. The highest BCUT2D eigenvalue weighted by molar-refractivity contribution is 7.06. The maximum Gasteiger partial charge on any atom is 0.221 e. The van der Waals surface area contributed by atoms with Crippen molar-refractivity contribution in [2.45, 2.75) is 13.5 Å². The lowest BCUT2D eigenvalue weighted by atomic mass is 10.1. The van der Waals surface area contributed by atoms with Crippen molar-refractivity contribution in [3.63, 3.8) is 0 Å². The summed E-state index contributed by atoms with van der Waals surface area (Å²) in [5.74, 6) is -0.269. The van der Waals surface area contributed by atoms with Gasteiger partial charge >= 0.3 is 0 Å². The summed E-state index contributed by atoms with van der Waals surface area (Å²) in [5, 5.41) is 12.0. The van der Waals surface area contributed by atoms with Crippen molar-refractivity contribution in [2.24, 2.45) is 0 Å². The molecule has 98 valence electrons. The Morgan fingerprint density at radius 2 is 2.21 bits per heavy atom. The Bertz CT molecular complexity index is 672. The number of anilines is 1. The summed E-state index contributed by atoms with van der Waals surface area (Å²) in [6, 6.07) is 6.79. The van der Waals surface area contributed by atoms with E-state index >= 15 is 0 Å². The van der Waals surface area contributed by atoms with Gasteiger partial charge in [0.15, 0.2) is 10.6 Å². The second kappa shape index (κ2) is 5.62. The van der Waals surface area contributed by atoms with Gasteiger partial charge in [-0.2, -0.15) is 0 Å². The Morgan fingerprint density at radius 3 is 2.84 bits per heavy atom. The smallest absolute Gasteiger partial charge is 0.221 e. The second-order valence-corrected chi connectivity index (χ2v) is 4.92. The Labute approximate surface area is 114 Å². The Morgan fingerprint density at radius 1 is 1.42 bits per heavy atom. The fourth-order valence-electron chi connectivity index (χ4n) is 1.65. The van der Waals surface area contributed by atoms with E-state index in [9.17, 15) is 9.59 Å². The van der Waals surface area contributed by atoms with Crippen LogP contribution in [0.1, 0.15) is 17.3 Å². The molecule has 0 aliphatic heterocycles. The van der Waals surface area contributed by atoms with Crippen LogP contribution >= 0.6 is 11.3 Å². The molecule has 1 heterocycles. The Hall–Kier alpha value is -2.21. The van der Waals surface area contributed by atoms with Crippen LogP contribution < -0.4 is 10.1 Å². The molecule has 0 saturated heterocycles. The zero-order chi connectivity index (χ0) is 13.8. The maximum absolute atomic E-state index is 12.1. The number of hydrogen-bond donors (Lipinski definition) is 2. The van der Waals surface area contributed by atoms with Crippen molar-refractivity contribution in [3.05, 3.63) is 46.2 Å². The molecule has 0 aliphatic rings. The molecule has 2 N–H and O–H groups in total. The van der Waals surface area contributed by atoms with E-state index in [1.165, 1.54) is 18.3 Å². The summed E-state index contributed by atoms with van der Waals surface area (Å²) < 4.78 is 1.58. The highest BCUT2D eigenvalue weighted by Crippen LogP contribution is 2.11. The molecule has 0 saturated carbocycles. The lowest BCUT2D eigenvalue weighted by molar-refractivity contribution is -0.114. The van der Waals surface area contributed by atoms with E-state index in [4.69, 9.17) is 5.41 Å². The van der Waals surface area contributed by atoms with E-state index < -0.39 is 0 Å². The molecule has 0 radical (unpaired) electrons. The number of carbonyl (C=O) groups is 2. The number of nitrogens with one attached hydrogen (secondary N) is 2. The number of amides is 1. The Balaban J connectivity index is 2.17. The van der Waals surface area contributed by atoms with Crippen molar-refractivity contribution in [1.29, 1.82) is 5.41 Å². The minimum atomic E-state index is -0.176. The van der Waals surface area contributed by atoms with E-state index in [0.717, 1.165) is 0 Å². The third kappa shape index (κ3) is 3.38. The minimum Gasteiger partial charge on any atom is -0.326 e. The van der Waals surface area contributed by atoms with Crippen molar-refractivity contribution in [3.8, 4) is 0 Å². The molecular weight excluding hydrogens is 262 g/mol. The van der Waals surface area contributed by atoms with E-state index in [1.54, 1.807) is 40.4 Å². The minimum absolute atomic E-state index is 0.0934. The number of Topliss-reactive ketones (excluding diaryl/α,β-unsaturated/α-hetero) is 1. The predicted molar refractivity (Wildman–Crippen MR) is 73.2 cm³/mol. The van der Waals surface area contributed by atoms with Gasteiger partial charge in [-0.3, -0.25) is 15.0 Å². The van der Waals surface area contributed by atoms with Crippen LogP contribution in [0.15, 0.2) is 35.8 Å². The maximum atomic E-state index is 12.1. The first-order valence-corrected chi connectivity index (χ1v) is 6.53. The van der Waals surface area contributed by atoms with Crippen LogP contribution in [0.2, 0.25) is 0 Å². The van der Waals surface area contributed by atoms with Gasteiger partial charge < -0.3 is 9.88 Å². The van der Waals surface area contributed by atoms with Crippen molar-refractivity contribution < 1.29 is 9.59 Å². The first kappa shape index (κ1) is 13.2. The fourth-order valence-corrected chi connectivity index (χ4v) is 2.25. The third-order valence-corrected chi connectivity index (χ3v) is 3.22. The molecule has 6 heteroatoms. The molecule has 0 fully saturated rings. The van der Waals surface area contributed by atoms with Gasteiger partial charge in [-0.05, 0) is 12.1 Å². The number of thiazole rings is 1. The first-order chi connectivity index (χ1) is 9.06. The average molecular weight is 275 g/mol. The second-order valence-electron chi connectivity index (χ2n) is 4.02. The quantitative estimate of drug-likeness (QED) is 0.836. The lowest BCUT2D eigenvalue weighted by Crippen LogP contribution is -2.18. The monoisotopic (exact) mass is 275 g/mol. The van der Waals surface area contributed by atoms with Gasteiger partial charge in [0.25, 0.3) is 0 Å². The van der Waals surface area contributed by atoms with Crippen molar-refractivity contribution in [1.82, 2.24) is 4.57 Å². The third-order valence-electron chi connectivity index (χ3n) is 2.50. The topological polar surface area (TPSA) is 75.0 Å².